The van der Waals surface area contributed by atoms with Crippen LogP contribution in [0.1, 0.15) is 5.69 Å². The van der Waals surface area contributed by atoms with Gasteiger partial charge in [-0.15, -0.1) is 24.0 Å². The Hall–Kier alpha value is -2.09. The van der Waals surface area contributed by atoms with E-state index in [1.54, 1.807) is 0 Å². The first-order valence-electron chi connectivity index (χ1n) is 6.36. The Kier molecular flexibility index (Phi) is 5.15. The zero-order valence-electron chi connectivity index (χ0n) is 11.3. The number of para-hydroxylation sites is 1. The molecule has 108 valence electrons. The van der Waals surface area contributed by atoms with Gasteiger partial charge in [0.15, 0.2) is 5.96 Å². The number of rotatable bonds is 3. The highest BCUT2D eigenvalue weighted by Gasteiger charge is 2.00. The molecule has 0 saturated carbocycles. The minimum atomic E-state index is 0. The fraction of sp³-hybridized carbons (Fsp3) is 0.0667. The summed E-state index contributed by atoms with van der Waals surface area (Å²) in [6, 6.07) is 15.6. The molecule has 0 aliphatic carbocycles. The third kappa shape index (κ3) is 3.94. The van der Waals surface area contributed by atoms with E-state index < -0.39 is 0 Å². The van der Waals surface area contributed by atoms with Crippen LogP contribution in [0.2, 0.25) is 0 Å². The van der Waals surface area contributed by atoms with Crippen LogP contribution in [0.3, 0.4) is 0 Å². The smallest absolute Gasteiger partial charge is 0.193 e. The largest absolute Gasteiger partial charge is 0.370 e. The lowest BCUT2D eigenvalue weighted by atomic mass is 10.3. The second kappa shape index (κ2) is 7.07. The van der Waals surface area contributed by atoms with E-state index in [0.29, 0.717) is 12.5 Å². The van der Waals surface area contributed by atoms with Gasteiger partial charge in [0.1, 0.15) is 5.65 Å². The van der Waals surface area contributed by atoms with Crippen LogP contribution >= 0.6 is 24.0 Å². The van der Waals surface area contributed by atoms with Gasteiger partial charge in [0, 0.05) is 18.1 Å². The Labute approximate surface area is 139 Å². The Balaban J connectivity index is 0.00000161. The first-order valence-corrected chi connectivity index (χ1v) is 6.36. The third-order valence-corrected chi connectivity index (χ3v) is 2.87. The van der Waals surface area contributed by atoms with Crippen molar-refractivity contribution in [2.24, 2.45) is 10.7 Å². The highest BCUT2D eigenvalue weighted by atomic mass is 127. The Morgan fingerprint density at radius 3 is 2.67 bits per heavy atom. The van der Waals surface area contributed by atoms with Gasteiger partial charge in [-0.05, 0) is 24.3 Å². The van der Waals surface area contributed by atoms with Crippen molar-refractivity contribution in [2.75, 3.05) is 5.32 Å². The SMILES string of the molecule is I.NC(=NCc1cn2ccccc2n1)Nc1ccccc1. The number of aliphatic imine (C=N–C) groups is 1. The molecule has 0 unspecified atom stereocenters. The standard InChI is InChI=1S/C15H15N5.HI/c16-15(19-12-6-2-1-3-7-12)17-10-13-11-20-9-5-4-8-14(20)18-13;/h1-9,11H,10H2,(H3,16,17,19);1H. The van der Waals surface area contributed by atoms with E-state index in [1.165, 1.54) is 0 Å². The molecule has 0 spiro atoms. The zero-order valence-corrected chi connectivity index (χ0v) is 13.6. The van der Waals surface area contributed by atoms with Crippen LogP contribution in [0.4, 0.5) is 5.69 Å². The van der Waals surface area contributed by atoms with E-state index in [0.717, 1.165) is 17.0 Å². The quantitative estimate of drug-likeness (QED) is 0.409. The molecule has 0 atom stereocenters. The fourth-order valence-electron chi connectivity index (χ4n) is 1.94. The molecule has 3 aromatic rings. The number of fused-ring (bicyclic) bond motifs is 1. The first-order chi connectivity index (χ1) is 9.81. The number of nitrogens with two attached hydrogens (primary N) is 1. The van der Waals surface area contributed by atoms with Crippen LogP contribution in [0.15, 0.2) is 65.9 Å². The van der Waals surface area contributed by atoms with Gasteiger partial charge in [-0.25, -0.2) is 9.98 Å². The average molecular weight is 393 g/mol. The van der Waals surface area contributed by atoms with Crippen LogP contribution < -0.4 is 11.1 Å². The number of guanidine groups is 1. The van der Waals surface area contributed by atoms with Gasteiger partial charge in [-0.3, -0.25) is 0 Å². The number of imidazole rings is 1. The van der Waals surface area contributed by atoms with Gasteiger partial charge in [0.25, 0.3) is 0 Å². The summed E-state index contributed by atoms with van der Waals surface area (Å²) in [5.41, 5.74) is 8.57. The maximum Gasteiger partial charge on any atom is 0.193 e. The molecule has 0 aliphatic heterocycles. The molecule has 0 amide bonds. The lowest BCUT2D eigenvalue weighted by molar-refractivity contribution is 1.01. The zero-order chi connectivity index (χ0) is 13.8. The number of anilines is 1. The van der Waals surface area contributed by atoms with Crippen LogP contribution in [0.25, 0.3) is 5.65 Å². The number of halogens is 1. The molecule has 0 bridgehead atoms. The minimum absolute atomic E-state index is 0. The van der Waals surface area contributed by atoms with E-state index >= 15 is 0 Å². The summed E-state index contributed by atoms with van der Waals surface area (Å²) in [5.74, 6) is 0.383. The normalized spacial score (nSPS) is 11.1. The van der Waals surface area contributed by atoms with Crippen molar-refractivity contribution in [2.45, 2.75) is 6.54 Å². The van der Waals surface area contributed by atoms with Crippen molar-refractivity contribution in [1.82, 2.24) is 9.38 Å². The van der Waals surface area contributed by atoms with Crippen LogP contribution in [0, 0.1) is 0 Å². The topological polar surface area (TPSA) is 67.7 Å². The minimum Gasteiger partial charge on any atom is -0.370 e. The number of pyridine rings is 1. The summed E-state index contributed by atoms with van der Waals surface area (Å²) < 4.78 is 1.96. The van der Waals surface area contributed by atoms with Crippen molar-refractivity contribution in [3.63, 3.8) is 0 Å². The summed E-state index contributed by atoms with van der Waals surface area (Å²) in [6.07, 6.45) is 3.91. The molecule has 6 heteroatoms. The first kappa shape index (κ1) is 15.3. The van der Waals surface area contributed by atoms with Gasteiger partial charge in [-0.1, -0.05) is 24.3 Å². The second-order valence-corrected chi connectivity index (χ2v) is 4.39. The molecule has 0 fully saturated rings. The number of benzene rings is 1. The van der Waals surface area contributed by atoms with Crippen molar-refractivity contribution in [1.29, 1.82) is 0 Å². The van der Waals surface area contributed by atoms with Crippen molar-refractivity contribution < 1.29 is 0 Å². The number of hydrogen-bond acceptors (Lipinski definition) is 2. The summed E-state index contributed by atoms with van der Waals surface area (Å²) in [4.78, 5) is 8.76. The molecule has 3 rings (SSSR count). The number of aromatic nitrogens is 2. The summed E-state index contributed by atoms with van der Waals surface area (Å²) in [6.45, 7) is 0.452. The fourth-order valence-corrected chi connectivity index (χ4v) is 1.94. The van der Waals surface area contributed by atoms with Gasteiger partial charge in [0.05, 0.1) is 12.2 Å². The van der Waals surface area contributed by atoms with Crippen molar-refractivity contribution >= 4 is 41.3 Å². The molecule has 2 heterocycles. The lowest BCUT2D eigenvalue weighted by Crippen LogP contribution is -2.22. The summed E-state index contributed by atoms with van der Waals surface area (Å²) in [7, 11) is 0. The number of nitrogens with zero attached hydrogens (tertiary/aromatic N) is 3. The molecule has 0 radical (unpaired) electrons. The van der Waals surface area contributed by atoms with Gasteiger partial charge in [0.2, 0.25) is 0 Å². The molecule has 0 aliphatic rings. The molecule has 1 aromatic carbocycles. The number of hydrogen-bond donors (Lipinski definition) is 2. The summed E-state index contributed by atoms with van der Waals surface area (Å²) in [5, 5.41) is 3.04. The van der Waals surface area contributed by atoms with Gasteiger partial charge >= 0.3 is 0 Å². The van der Waals surface area contributed by atoms with E-state index in [9.17, 15) is 0 Å². The van der Waals surface area contributed by atoms with Crippen molar-refractivity contribution in [3.8, 4) is 0 Å². The predicted molar refractivity (Wildman–Crippen MR) is 96.0 cm³/mol. The van der Waals surface area contributed by atoms with Crippen molar-refractivity contribution in [3.05, 3.63) is 66.6 Å². The van der Waals surface area contributed by atoms with E-state index in [2.05, 4.69) is 15.3 Å². The Bertz CT molecular complexity index is 703. The van der Waals surface area contributed by atoms with E-state index in [-0.39, 0.29) is 24.0 Å². The molecular formula is C15H16IN5. The van der Waals surface area contributed by atoms with Crippen LogP contribution in [0.5, 0.6) is 0 Å². The molecule has 21 heavy (non-hydrogen) atoms. The molecule has 5 nitrogen and oxygen atoms in total. The monoisotopic (exact) mass is 393 g/mol. The van der Waals surface area contributed by atoms with Gasteiger partial charge < -0.3 is 15.5 Å². The average Bonchev–Trinajstić information content (AvgIpc) is 2.89. The maximum atomic E-state index is 5.85. The highest BCUT2D eigenvalue weighted by molar-refractivity contribution is 14.0. The molecular weight excluding hydrogens is 377 g/mol. The van der Waals surface area contributed by atoms with Gasteiger partial charge in [-0.2, -0.15) is 0 Å². The van der Waals surface area contributed by atoms with E-state index in [4.69, 9.17) is 5.73 Å². The highest BCUT2D eigenvalue weighted by Crippen LogP contribution is 2.06. The Morgan fingerprint density at radius 2 is 1.90 bits per heavy atom. The number of nitrogens with one attached hydrogen (secondary N) is 1. The molecule has 0 saturated heterocycles. The van der Waals surface area contributed by atoms with Crippen LogP contribution in [-0.2, 0) is 6.54 Å². The Morgan fingerprint density at radius 1 is 1.14 bits per heavy atom. The van der Waals surface area contributed by atoms with Crippen LogP contribution in [-0.4, -0.2) is 15.3 Å². The predicted octanol–water partition coefficient (Wildman–Crippen LogP) is 2.88. The molecule has 2 aromatic heterocycles. The summed E-state index contributed by atoms with van der Waals surface area (Å²) >= 11 is 0. The lowest BCUT2D eigenvalue weighted by Gasteiger charge is -2.04. The third-order valence-electron chi connectivity index (χ3n) is 2.87. The van der Waals surface area contributed by atoms with E-state index in [1.807, 2.05) is 65.3 Å². The molecule has 3 N–H and O–H groups in total. The maximum absolute atomic E-state index is 5.85. The second-order valence-electron chi connectivity index (χ2n) is 4.39.